The summed E-state index contributed by atoms with van der Waals surface area (Å²) in [6.07, 6.45) is 1.42. The number of benzene rings is 2. The molecule has 0 spiro atoms. The first-order valence-corrected chi connectivity index (χ1v) is 9.50. The minimum absolute atomic E-state index is 0.0125. The molecule has 0 unspecified atom stereocenters. The molecule has 1 aliphatic rings. The second-order valence-electron chi connectivity index (χ2n) is 7.29. The van der Waals surface area contributed by atoms with Crippen molar-refractivity contribution >= 4 is 17.5 Å². The van der Waals surface area contributed by atoms with E-state index in [1.165, 1.54) is 4.90 Å². The molecule has 28 heavy (non-hydrogen) atoms. The topological polar surface area (TPSA) is 63.7 Å². The van der Waals surface area contributed by atoms with Gasteiger partial charge < -0.3 is 9.64 Å². The highest BCUT2D eigenvalue weighted by molar-refractivity contribution is 6.42. The summed E-state index contributed by atoms with van der Waals surface area (Å²) in [6, 6.07) is 12.2. The van der Waals surface area contributed by atoms with Gasteiger partial charge in [0.2, 0.25) is 5.78 Å². The van der Waals surface area contributed by atoms with E-state index in [1.807, 2.05) is 26.0 Å². The highest BCUT2D eigenvalue weighted by Gasteiger charge is 2.32. The fraction of sp³-hybridized carbons (Fsp3) is 0.348. The van der Waals surface area contributed by atoms with E-state index in [0.717, 1.165) is 16.9 Å². The van der Waals surface area contributed by atoms with Crippen molar-refractivity contribution in [2.24, 2.45) is 5.92 Å². The van der Waals surface area contributed by atoms with Crippen LogP contribution in [0.5, 0.6) is 5.75 Å². The number of piperidine rings is 1. The number of carbonyl (C=O) groups is 3. The first kappa shape index (κ1) is 19.8. The van der Waals surface area contributed by atoms with Gasteiger partial charge in [0, 0.05) is 30.1 Å². The fourth-order valence-corrected chi connectivity index (χ4v) is 3.88. The van der Waals surface area contributed by atoms with Gasteiger partial charge in [0.05, 0.1) is 7.11 Å². The Labute approximate surface area is 165 Å². The third-order valence-corrected chi connectivity index (χ3v) is 5.26. The number of ketones is 2. The van der Waals surface area contributed by atoms with Gasteiger partial charge in [-0.25, -0.2) is 0 Å². The minimum atomic E-state index is -0.536. The maximum Gasteiger partial charge on any atom is 0.294 e. The lowest BCUT2D eigenvalue weighted by Crippen LogP contribution is -2.45. The second kappa shape index (κ2) is 8.38. The standard InChI is InChI=1S/C23H25NO4/c1-15-12-19(13-16(2)22(15)28-3)20(25)18-10-7-11-24(14-18)23(27)21(26)17-8-5-4-6-9-17/h4-6,8-9,12-13,18H,7,10-11,14H2,1-3H3/t18-/m1/s1. The van der Waals surface area contributed by atoms with Crippen LogP contribution in [0.2, 0.25) is 0 Å². The van der Waals surface area contributed by atoms with Gasteiger partial charge in [-0.2, -0.15) is 0 Å². The number of methoxy groups -OCH3 is 1. The Morgan fingerprint density at radius 3 is 2.25 bits per heavy atom. The summed E-state index contributed by atoms with van der Waals surface area (Å²) in [5.41, 5.74) is 2.83. The van der Waals surface area contributed by atoms with E-state index in [2.05, 4.69) is 0 Å². The molecule has 5 nitrogen and oxygen atoms in total. The number of ether oxygens (including phenoxy) is 1. The molecular weight excluding hydrogens is 354 g/mol. The number of aryl methyl sites for hydroxylation is 2. The third-order valence-electron chi connectivity index (χ3n) is 5.26. The molecule has 1 atom stereocenters. The van der Waals surface area contributed by atoms with E-state index in [1.54, 1.807) is 37.4 Å². The smallest absolute Gasteiger partial charge is 0.294 e. The summed E-state index contributed by atoms with van der Waals surface area (Å²) in [5, 5.41) is 0. The third kappa shape index (κ3) is 3.98. The molecule has 0 aliphatic carbocycles. The monoisotopic (exact) mass is 379 g/mol. The van der Waals surface area contributed by atoms with Crippen molar-refractivity contribution in [2.75, 3.05) is 20.2 Å². The average Bonchev–Trinajstić information content (AvgIpc) is 2.72. The number of hydrogen-bond donors (Lipinski definition) is 0. The Hall–Kier alpha value is -2.95. The second-order valence-corrected chi connectivity index (χ2v) is 7.29. The van der Waals surface area contributed by atoms with Crippen molar-refractivity contribution in [3.05, 3.63) is 64.7 Å². The van der Waals surface area contributed by atoms with Crippen molar-refractivity contribution < 1.29 is 19.1 Å². The van der Waals surface area contributed by atoms with Crippen molar-refractivity contribution in [3.63, 3.8) is 0 Å². The quantitative estimate of drug-likeness (QED) is 0.588. The zero-order valence-corrected chi connectivity index (χ0v) is 16.5. The molecule has 1 heterocycles. The van der Waals surface area contributed by atoms with Crippen LogP contribution in [0.3, 0.4) is 0 Å². The largest absolute Gasteiger partial charge is 0.496 e. The normalized spacial score (nSPS) is 16.5. The molecule has 0 saturated carbocycles. The highest BCUT2D eigenvalue weighted by Crippen LogP contribution is 2.28. The van der Waals surface area contributed by atoms with E-state index in [-0.39, 0.29) is 18.2 Å². The number of amides is 1. The highest BCUT2D eigenvalue weighted by atomic mass is 16.5. The summed E-state index contributed by atoms with van der Waals surface area (Å²) in [7, 11) is 1.62. The number of likely N-dealkylation sites (tertiary alicyclic amines) is 1. The molecule has 1 saturated heterocycles. The van der Waals surface area contributed by atoms with Crippen LogP contribution in [0.1, 0.15) is 44.7 Å². The number of Topliss-reactive ketones (excluding diaryl/α,β-unsaturated/α-hetero) is 2. The van der Waals surface area contributed by atoms with Crippen LogP contribution in [-0.4, -0.2) is 42.6 Å². The maximum atomic E-state index is 13.0. The van der Waals surface area contributed by atoms with Gasteiger partial charge in [-0.05, 0) is 49.9 Å². The van der Waals surface area contributed by atoms with E-state index in [4.69, 9.17) is 4.74 Å². The predicted octanol–water partition coefficient (Wildman–Crippen LogP) is 3.62. The molecule has 1 aliphatic heterocycles. The summed E-state index contributed by atoms with van der Waals surface area (Å²) in [5.74, 6) is -0.562. The van der Waals surface area contributed by atoms with Gasteiger partial charge in [0.25, 0.3) is 5.91 Å². The Morgan fingerprint density at radius 2 is 1.64 bits per heavy atom. The van der Waals surface area contributed by atoms with Crippen LogP contribution < -0.4 is 4.74 Å². The molecule has 1 fully saturated rings. The molecule has 146 valence electrons. The first-order valence-electron chi connectivity index (χ1n) is 9.50. The molecule has 5 heteroatoms. The first-order chi connectivity index (χ1) is 13.4. The lowest BCUT2D eigenvalue weighted by atomic mass is 9.88. The summed E-state index contributed by atoms with van der Waals surface area (Å²) < 4.78 is 5.37. The molecular formula is C23H25NO4. The zero-order valence-electron chi connectivity index (χ0n) is 16.5. The van der Waals surface area contributed by atoms with Gasteiger partial charge >= 0.3 is 0 Å². The lowest BCUT2D eigenvalue weighted by Gasteiger charge is -2.31. The lowest BCUT2D eigenvalue weighted by molar-refractivity contribution is -0.127. The zero-order chi connectivity index (χ0) is 20.3. The van der Waals surface area contributed by atoms with Crippen LogP contribution in [0.4, 0.5) is 0 Å². The maximum absolute atomic E-state index is 13.0. The fourth-order valence-electron chi connectivity index (χ4n) is 3.88. The van der Waals surface area contributed by atoms with Gasteiger partial charge in [-0.15, -0.1) is 0 Å². The van der Waals surface area contributed by atoms with Crippen molar-refractivity contribution in [2.45, 2.75) is 26.7 Å². The van der Waals surface area contributed by atoms with E-state index >= 15 is 0 Å². The van der Waals surface area contributed by atoms with Crippen LogP contribution in [0.15, 0.2) is 42.5 Å². The van der Waals surface area contributed by atoms with Crippen LogP contribution in [0, 0.1) is 19.8 Å². The van der Waals surface area contributed by atoms with E-state index < -0.39 is 11.7 Å². The molecule has 0 bridgehead atoms. The molecule has 3 rings (SSSR count). The van der Waals surface area contributed by atoms with Crippen molar-refractivity contribution in [1.29, 1.82) is 0 Å². The molecule has 1 amide bonds. The summed E-state index contributed by atoms with van der Waals surface area (Å²) >= 11 is 0. The molecule has 2 aromatic rings. The predicted molar refractivity (Wildman–Crippen MR) is 107 cm³/mol. The molecule has 0 aromatic heterocycles. The molecule has 0 radical (unpaired) electrons. The minimum Gasteiger partial charge on any atom is -0.496 e. The molecule has 2 aromatic carbocycles. The van der Waals surface area contributed by atoms with Crippen LogP contribution >= 0.6 is 0 Å². The van der Waals surface area contributed by atoms with Crippen molar-refractivity contribution in [1.82, 2.24) is 4.90 Å². The van der Waals surface area contributed by atoms with E-state index in [9.17, 15) is 14.4 Å². The van der Waals surface area contributed by atoms with Crippen LogP contribution in [-0.2, 0) is 4.79 Å². The number of nitrogens with zero attached hydrogens (tertiary/aromatic N) is 1. The summed E-state index contributed by atoms with van der Waals surface area (Å²) in [6.45, 7) is 4.61. The summed E-state index contributed by atoms with van der Waals surface area (Å²) in [4.78, 5) is 39.7. The van der Waals surface area contributed by atoms with Gasteiger partial charge in [-0.1, -0.05) is 30.3 Å². The SMILES string of the molecule is COc1c(C)cc(C(=O)[C@@H]2CCCN(C(=O)C(=O)c3ccccc3)C2)cc1C. The van der Waals surface area contributed by atoms with Crippen molar-refractivity contribution in [3.8, 4) is 5.75 Å². The number of carbonyl (C=O) groups excluding carboxylic acids is 3. The Balaban J connectivity index is 1.75. The Morgan fingerprint density at radius 1 is 1.00 bits per heavy atom. The van der Waals surface area contributed by atoms with Gasteiger partial charge in [0.1, 0.15) is 5.75 Å². The Kier molecular flexibility index (Phi) is 5.93. The van der Waals surface area contributed by atoms with Crippen LogP contribution in [0.25, 0.3) is 0 Å². The van der Waals surface area contributed by atoms with Gasteiger partial charge in [0.15, 0.2) is 5.78 Å². The number of rotatable bonds is 5. The molecule has 0 N–H and O–H groups in total. The van der Waals surface area contributed by atoms with E-state index in [0.29, 0.717) is 30.5 Å². The average molecular weight is 379 g/mol. The number of hydrogen-bond acceptors (Lipinski definition) is 4. The Bertz CT molecular complexity index is 881. The van der Waals surface area contributed by atoms with Gasteiger partial charge in [-0.3, -0.25) is 14.4 Å².